The third-order valence-electron chi connectivity index (χ3n) is 3.21. The quantitative estimate of drug-likeness (QED) is 0.619. The zero-order valence-electron chi connectivity index (χ0n) is 9.63. The number of sulfone groups is 1. The molecule has 1 fully saturated rings. The highest BCUT2D eigenvalue weighted by atomic mass is 32.2. The van der Waals surface area contributed by atoms with E-state index in [9.17, 15) is 8.42 Å². The third kappa shape index (κ3) is 3.77. The minimum atomic E-state index is -2.78. The second-order valence-corrected chi connectivity index (χ2v) is 7.91. The Kier molecular flexibility index (Phi) is 4.19. The maximum atomic E-state index is 11.4. The van der Waals surface area contributed by atoms with E-state index in [0.717, 1.165) is 19.3 Å². The Labute approximate surface area is 106 Å². The summed E-state index contributed by atoms with van der Waals surface area (Å²) in [4.78, 5) is 1.29. The van der Waals surface area contributed by atoms with Crippen LogP contribution >= 0.6 is 11.3 Å². The Morgan fingerprint density at radius 3 is 2.94 bits per heavy atom. The first-order valence-corrected chi connectivity index (χ1v) is 8.48. The molecule has 17 heavy (non-hydrogen) atoms. The molecule has 6 heteroatoms. The summed E-state index contributed by atoms with van der Waals surface area (Å²) in [6.45, 7) is 0. The SMILES string of the molecule is NNC(Cc1cccs1)CC1CCS(=O)(=O)C1. The van der Waals surface area contributed by atoms with Crippen molar-refractivity contribution < 1.29 is 8.42 Å². The summed E-state index contributed by atoms with van der Waals surface area (Å²) in [5, 5.41) is 2.04. The highest BCUT2D eigenvalue weighted by Gasteiger charge is 2.29. The first-order valence-electron chi connectivity index (χ1n) is 5.78. The monoisotopic (exact) mass is 274 g/mol. The third-order valence-corrected chi connectivity index (χ3v) is 5.94. The summed E-state index contributed by atoms with van der Waals surface area (Å²) < 4.78 is 22.8. The standard InChI is InChI=1S/C11H18N2O2S2/c12-13-10(7-11-2-1-4-16-11)6-9-3-5-17(14,15)8-9/h1-2,4,9-10,13H,3,5-8,12H2. The number of thiophene rings is 1. The van der Waals surface area contributed by atoms with Gasteiger partial charge in [-0.1, -0.05) is 6.07 Å². The van der Waals surface area contributed by atoms with Crippen molar-refractivity contribution in [2.45, 2.75) is 25.3 Å². The minimum Gasteiger partial charge on any atom is -0.271 e. The first kappa shape index (κ1) is 13.0. The lowest BCUT2D eigenvalue weighted by atomic mass is 9.97. The van der Waals surface area contributed by atoms with E-state index in [-0.39, 0.29) is 12.0 Å². The van der Waals surface area contributed by atoms with Crippen molar-refractivity contribution in [1.29, 1.82) is 0 Å². The lowest BCUT2D eigenvalue weighted by Crippen LogP contribution is -2.38. The molecule has 0 aliphatic carbocycles. The fourth-order valence-electron chi connectivity index (χ4n) is 2.34. The van der Waals surface area contributed by atoms with Gasteiger partial charge in [-0.15, -0.1) is 11.3 Å². The van der Waals surface area contributed by atoms with Crippen molar-refractivity contribution >= 4 is 21.2 Å². The van der Waals surface area contributed by atoms with Crippen molar-refractivity contribution in [2.24, 2.45) is 11.8 Å². The van der Waals surface area contributed by atoms with Gasteiger partial charge < -0.3 is 0 Å². The summed E-state index contributed by atoms with van der Waals surface area (Å²) >= 11 is 1.71. The largest absolute Gasteiger partial charge is 0.271 e. The maximum Gasteiger partial charge on any atom is 0.150 e. The van der Waals surface area contributed by atoms with E-state index < -0.39 is 9.84 Å². The van der Waals surface area contributed by atoms with E-state index in [4.69, 9.17) is 5.84 Å². The van der Waals surface area contributed by atoms with E-state index in [1.165, 1.54) is 4.88 Å². The molecule has 2 atom stereocenters. The van der Waals surface area contributed by atoms with Crippen molar-refractivity contribution in [3.63, 3.8) is 0 Å². The molecule has 1 aromatic rings. The van der Waals surface area contributed by atoms with Gasteiger partial charge in [-0.3, -0.25) is 11.3 Å². The Morgan fingerprint density at radius 2 is 2.41 bits per heavy atom. The number of hydrogen-bond acceptors (Lipinski definition) is 5. The van der Waals surface area contributed by atoms with Gasteiger partial charge in [0.05, 0.1) is 11.5 Å². The average molecular weight is 274 g/mol. The molecular weight excluding hydrogens is 256 g/mol. The van der Waals surface area contributed by atoms with E-state index in [0.29, 0.717) is 11.5 Å². The molecule has 3 N–H and O–H groups in total. The zero-order valence-corrected chi connectivity index (χ0v) is 11.3. The van der Waals surface area contributed by atoms with Crippen LogP contribution in [0.5, 0.6) is 0 Å². The van der Waals surface area contributed by atoms with Gasteiger partial charge in [0, 0.05) is 10.9 Å². The molecular formula is C11H18N2O2S2. The molecule has 96 valence electrons. The van der Waals surface area contributed by atoms with Gasteiger partial charge in [0.15, 0.2) is 9.84 Å². The van der Waals surface area contributed by atoms with Crippen molar-refractivity contribution in [1.82, 2.24) is 5.43 Å². The minimum absolute atomic E-state index is 0.173. The Balaban J connectivity index is 1.88. The molecule has 0 spiro atoms. The molecule has 0 amide bonds. The van der Waals surface area contributed by atoms with Crippen LogP contribution in [0.4, 0.5) is 0 Å². The lowest BCUT2D eigenvalue weighted by molar-refractivity contribution is 0.410. The second-order valence-electron chi connectivity index (χ2n) is 4.65. The number of rotatable bonds is 5. The van der Waals surface area contributed by atoms with Gasteiger partial charge in [0.1, 0.15) is 0 Å². The number of nitrogens with two attached hydrogens (primary N) is 1. The zero-order chi connectivity index (χ0) is 12.3. The van der Waals surface area contributed by atoms with Crippen LogP contribution < -0.4 is 11.3 Å². The van der Waals surface area contributed by atoms with Gasteiger partial charge in [-0.25, -0.2) is 8.42 Å². The summed E-state index contributed by atoms with van der Waals surface area (Å²) in [6, 6.07) is 4.28. The molecule has 0 saturated carbocycles. The highest BCUT2D eigenvalue weighted by Crippen LogP contribution is 2.24. The van der Waals surface area contributed by atoms with Crippen LogP contribution in [0.25, 0.3) is 0 Å². The molecule has 2 heterocycles. The summed E-state index contributed by atoms with van der Waals surface area (Å²) in [5.41, 5.74) is 2.81. The smallest absolute Gasteiger partial charge is 0.150 e. The van der Waals surface area contributed by atoms with Crippen molar-refractivity contribution in [2.75, 3.05) is 11.5 Å². The summed E-state index contributed by atoms with van der Waals surface area (Å²) in [7, 11) is -2.78. The molecule has 1 aliphatic rings. The molecule has 1 aliphatic heterocycles. The van der Waals surface area contributed by atoms with E-state index in [1.807, 2.05) is 11.4 Å². The van der Waals surface area contributed by atoms with E-state index in [2.05, 4.69) is 11.5 Å². The van der Waals surface area contributed by atoms with Crippen molar-refractivity contribution in [3.8, 4) is 0 Å². The van der Waals surface area contributed by atoms with Crippen LogP contribution in [0.1, 0.15) is 17.7 Å². The Morgan fingerprint density at radius 1 is 1.59 bits per heavy atom. The van der Waals surface area contributed by atoms with Crippen LogP contribution in [0.3, 0.4) is 0 Å². The van der Waals surface area contributed by atoms with Gasteiger partial charge in [-0.2, -0.15) is 0 Å². The fourth-order valence-corrected chi connectivity index (χ4v) is 5.01. The average Bonchev–Trinajstić information content (AvgIpc) is 2.87. The lowest BCUT2D eigenvalue weighted by Gasteiger charge is -2.18. The molecule has 4 nitrogen and oxygen atoms in total. The van der Waals surface area contributed by atoms with Crippen LogP contribution in [-0.2, 0) is 16.3 Å². The first-order chi connectivity index (χ1) is 8.09. The molecule has 0 aromatic carbocycles. The maximum absolute atomic E-state index is 11.4. The second kappa shape index (κ2) is 5.48. The van der Waals surface area contributed by atoms with Gasteiger partial charge in [0.25, 0.3) is 0 Å². The van der Waals surface area contributed by atoms with Gasteiger partial charge >= 0.3 is 0 Å². The number of hydrogen-bond donors (Lipinski definition) is 2. The summed E-state index contributed by atoms with van der Waals surface area (Å²) in [6.07, 6.45) is 2.50. The van der Waals surface area contributed by atoms with Crippen LogP contribution in [-0.4, -0.2) is 26.0 Å². The summed E-state index contributed by atoms with van der Waals surface area (Å²) in [5.74, 6) is 6.48. The van der Waals surface area contributed by atoms with Gasteiger partial charge in [-0.05, 0) is 36.6 Å². The van der Waals surface area contributed by atoms with Crippen LogP contribution in [0, 0.1) is 5.92 Å². The predicted molar refractivity (Wildman–Crippen MR) is 70.5 cm³/mol. The highest BCUT2D eigenvalue weighted by molar-refractivity contribution is 7.91. The van der Waals surface area contributed by atoms with Gasteiger partial charge in [0.2, 0.25) is 0 Å². The van der Waals surface area contributed by atoms with Crippen molar-refractivity contribution in [3.05, 3.63) is 22.4 Å². The normalized spacial score (nSPS) is 24.9. The van der Waals surface area contributed by atoms with Crippen LogP contribution in [0.2, 0.25) is 0 Å². The molecule has 0 bridgehead atoms. The molecule has 1 saturated heterocycles. The number of nitrogens with one attached hydrogen (secondary N) is 1. The predicted octanol–water partition coefficient (Wildman–Crippen LogP) is 0.947. The topological polar surface area (TPSA) is 72.2 Å². The molecule has 2 unspecified atom stereocenters. The van der Waals surface area contributed by atoms with Crippen LogP contribution in [0.15, 0.2) is 17.5 Å². The van der Waals surface area contributed by atoms with E-state index >= 15 is 0 Å². The molecule has 0 radical (unpaired) electrons. The fraction of sp³-hybridized carbons (Fsp3) is 0.636. The molecule has 1 aromatic heterocycles. The molecule has 2 rings (SSSR count). The van der Waals surface area contributed by atoms with E-state index in [1.54, 1.807) is 11.3 Å². The Bertz CT molecular complexity index is 442. The number of hydrazine groups is 1. The Hall–Kier alpha value is -0.430.